The number of hydrogen-bond donors (Lipinski definition) is 2. The fraction of sp³-hybridized carbons (Fsp3) is 0.278. The van der Waals surface area contributed by atoms with Gasteiger partial charge in [-0.1, -0.05) is 30.3 Å². The predicted octanol–water partition coefficient (Wildman–Crippen LogP) is 3.46. The van der Waals surface area contributed by atoms with Gasteiger partial charge in [-0.15, -0.1) is 13.2 Å². The van der Waals surface area contributed by atoms with Crippen LogP contribution in [0, 0.1) is 0 Å². The van der Waals surface area contributed by atoms with Gasteiger partial charge in [0.1, 0.15) is 17.6 Å². The Balaban J connectivity index is 1.77. The van der Waals surface area contributed by atoms with Crippen molar-refractivity contribution in [3.8, 4) is 11.5 Å². The van der Waals surface area contributed by atoms with Crippen LogP contribution in [0.2, 0.25) is 0 Å². The number of aliphatic imine (C=N–C) groups is 1. The van der Waals surface area contributed by atoms with Gasteiger partial charge in [-0.05, 0) is 36.8 Å². The molecule has 26 heavy (non-hydrogen) atoms. The summed E-state index contributed by atoms with van der Waals surface area (Å²) in [4.78, 5) is 4.14. The number of rotatable bonds is 7. The second kappa shape index (κ2) is 8.98. The van der Waals surface area contributed by atoms with Gasteiger partial charge >= 0.3 is 6.36 Å². The number of alkyl halides is 3. The first-order chi connectivity index (χ1) is 12.3. The first kappa shape index (κ1) is 19.4. The topological polar surface area (TPSA) is 68.9 Å². The molecule has 0 aliphatic heterocycles. The van der Waals surface area contributed by atoms with E-state index in [1.165, 1.54) is 24.3 Å². The summed E-state index contributed by atoms with van der Waals surface area (Å²) in [6.07, 6.45) is -4.82. The molecule has 0 aliphatic carbocycles. The molecule has 0 amide bonds. The third-order valence-electron chi connectivity index (χ3n) is 3.24. The van der Waals surface area contributed by atoms with Gasteiger partial charge in [0.05, 0.1) is 13.1 Å². The summed E-state index contributed by atoms with van der Waals surface area (Å²) in [6, 6.07) is 14.9. The zero-order valence-corrected chi connectivity index (χ0v) is 14.2. The average Bonchev–Trinajstić information content (AvgIpc) is 2.59. The maximum absolute atomic E-state index is 12.1. The van der Waals surface area contributed by atoms with Gasteiger partial charge in [-0.2, -0.15) is 0 Å². The Bertz CT molecular complexity index is 704. The fourth-order valence-corrected chi connectivity index (χ4v) is 2.05. The quantitative estimate of drug-likeness (QED) is 0.581. The summed E-state index contributed by atoms with van der Waals surface area (Å²) in [6.45, 7) is 2.59. The van der Waals surface area contributed by atoms with Gasteiger partial charge in [0.25, 0.3) is 0 Å². The van der Waals surface area contributed by atoms with Crippen LogP contribution in [0.3, 0.4) is 0 Å². The summed E-state index contributed by atoms with van der Waals surface area (Å²) in [5.74, 6) is 0.714. The molecule has 0 radical (unpaired) electrons. The number of halogens is 3. The number of hydrogen-bond acceptors (Lipinski definition) is 3. The Hall–Kier alpha value is -2.90. The molecule has 1 unspecified atom stereocenters. The van der Waals surface area contributed by atoms with E-state index >= 15 is 0 Å². The van der Waals surface area contributed by atoms with Crippen molar-refractivity contribution in [2.75, 3.05) is 6.54 Å². The lowest BCUT2D eigenvalue weighted by Crippen LogP contribution is -2.38. The Morgan fingerprint density at radius 2 is 1.73 bits per heavy atom. The van der Waals surface area contributed by atoms with Crippen molar-refractivity contribution in [2.24, 2.45) is 10.7 Å². The van der Waals surface area contributed by atoms with Gasteiger partial charge < -0.3 is 20.5 Å². The molecule has 0 bridgehead atoms. The van der Waals surface area contributed by atoms with Crippen LogP contribution in [-0.2, 0) is 6.54 Å². The van der Waals surface area contributed by atoms with Crippen molar-refractivity contribution < 1.29 is 22.6 Å². The van der Waals surface area contributed by atoms with E-state index in [9.17, 15) is 13.2 Å². The molecule has 0 aromatic heterocycles. The van der Waals surface area contributed by atoms with E-state index < -0.39 is 6.36 Å². The molecule has 8 heteroatoms. The maximum Gasteiger partial charge on any atom is 0.573 e. The van der Waals surface area contributed by atoms with Crippen LogP contribution in [0.5, 0.6) is 11.5 Å². The molecule has 2 aromatic carbocycles. The lowest BCUT2D eigenvalue weighted by atomic mass is 10.2. The molecular weight excluding hydrogens is 347 g/mol. The third kappa shape index (κ3) is 7.33. The smallest absolute Gasteiger partial charge is 0.489 e. The molecule has 0 fully saturated rings. The van der Waals surface area contributed by atoms with Crippen molar-refractivity contribution in [1.29, 1.82) is 0 Å². The maximum atomic E-state index is 12.1. The van der Waals surface area contributed by atoms with Gasteiger partial charge in [0.15, 0.2) is 5.96 Å². The molecule has 0 heterocycles. The highest BCUT2D eigenvalue weighted by atomic mass is 19.4. The van der Waals surface area contributed by atoms with E-state index in [1.807, 2.05) is 37.3 Å². The summed E-state index contributed by atoms with van der Waals surface area (Å²) in [5, 5.41) is 2.94. The molecule has 3 N–H and O–H groups in total. The second-order valence-corrected chi connectivity index (χ2v) is 5.52. The molecule has 5 nitrogen and oxygen atoms in total. The Kier molecular flexibility index (Phi) is 6.71. The monoisotopic (exact) mass is 367 g/mol. The molecule has 0 saturated heterocycles. The van der Waals surface area contributed by atoms with Gasteiger partial charge in [0, 0.05) is 0 Å². The highest BCUT2D eigenvalue weighted by molar-refractivity contribution is 5.77. The molecule has 2 rings (SSSR count). The fourth-order valence-electron chi connectivity index (χ4n) is 2.05. The minimum atomic E-state index is -4.70. The van der Waals surface area contributed by atoms with Gasteiger partial charge in [-0.3, -0.25) is 0 Å². The highest BCUT2D eigenvalue weighted by Gasteiger charge is 2.30. The number of ether oxygens (including phenoxy) is 2. The normalized spacial score (nSPS) is 13.2. The molecule has 0 saturated carbocycles. The van der Waals surface area contributed by atoms with Crippen molar-refractivity contribution in [2.45, 2.75) is 25.9 Å². The van der Waals surface area contributed by atoms with Crippen LogP contribution in [0.15, 0.2) is 59.6 Å². The average molecular weight is 367 g/mol. The summed E-state index contributed by atoms with van der Waals surface area (Å²) < 4.78 is 45.8. The van der Waals surface area contributed by atoms with Gasteiger partial charge in [0.2, 0.25) is 0 Å². The van der Waals surface area contributed by atoms with E-state index in [1.54, 1.807) is 0 Å². The Morgan fingerprint density at radius 1 is 1.08 bits per heavy atom. The largest absolute Gasteiger partial charge is 0.573 e. The minimum Gasteiger partial charge on any atom is -0.489 e. The SMILES string of the molecule is CC(CNC(N)=NCc1ccc(OC(F)(F)F)cc1)Oc1ccccc1. The summed E-state index contributed by atoms with van der Waals surface area (Å²) >= 11 is 0. The van der Waals surface area contributed by atoms with Crippen LogP contribution in [0.1, 0.15) is 12.5 Å². The highest BCUT2D eigenvalue weighted by Crippen LogP contribution is 2.22. The number of nitrogens with one attached hydrogen (secondary N) is 1. The molecule has 140 valence electrons. The zero-order chi connectivity index (χ0) is 19.0. The molecule has 0 aliphatic rings. The van der Waals surface area contributed by atoms with Crippen LogP contribution in [0.4, 0.5) is 13.2 Å². The van der Waals surface area contributed by atoms with Crippen molar-refractivity contribution in [1.82, 2.24) is 5.32 Å². The van der Waals surface area contributed by atoms with Crippen LogP contribution < -0.4 is 20.5 Å². The summed E-state index contributed by atoms with van der Waals surface area (Å²) in [5.41, 5.74) is 6.49. The number of para-hydroxylation sites is 1. The first-order valence-electron chi connectivity index (χ1n) is 7.92. The number of benzene rings is 2. The van der Waals surface area contributed by atoms with Crippen molar-refractivity contribution in [3.63, 3.8) is 0 Å². The van der Waals surface area contributed by atoms with Crippen LogP contribution in [0.25, 0.3) is 0 Å². The zero-order valence-electron chi connectivity index (χ0n) is 14.2. The number of nitrogens with zero attached hydrogens (tertiary/aromatic N) is 1. The van der Waals surface area contributed by atoms with Crippen LogP contribution >= 0.6 is 0 Å². The summed E-state index contributed by atoms with van der Waals surface area (Å²) in [7, 11) is 0. The molecule has 2 aromatic rings. The standard InChI is InChI=1S/C18H20F3N3O2/c1-13(25-15-5-3-2-4-6-15)11-23-17(22)24-12-14-7-9-16(10-8-14)26-18(19,20)21/h2-10,13H,11-12H2,1H3,(H3,22,23,24). The number of guanidine groups is 1. The third-order valence-corrected chi connectivity index (χ3v) is 3.24. The lowest BCUT2D eigenvalue weighted by molar-refractivity contribution is -0.274. The molecule has 0 spiro atoms. The predicted molar refractivity (Wildman–Crippen MR) is 93.0 cm³/mol. The lowest BCUT2D eigenvalue weighted by Gasteiger charge is -2.15. The van der Waals surface area contributed by atoms with Crippen molar-refractivity contribution in [3.05, 3.63) is 60.2 Å². The van der Waals surface area contributed by atoms with E-state index in [0.29, 0.717) is 12.1 Å². The van der Waals surface area contributed by atoms with Crippen LogP contribution in [-0.4, -0.2) is 25.0 Å². The van der Waals surface area contributed by atoms with E-state index in [0.717, 1.165) is 5.75 Å². The second-order valence-electron chi connectivity index (χ2n) is 5.52. The Labute approximate surface area is 149 Å². The Morgan fingerprint density at radius 3 is 2.35 bits per heavy atom. The number of nitrogens with two attached hydrogens (primary N) is 1. The van der Waals surface area contributed by atoms with Gasteiger partial charge in [-0.25, -0.2) is 4.99 Å². The molecule has 1 atom stereocenters. The van der Waals surface area contributed by atoms with E-state index in [4.69, 9.17) is 10.5 Å². The first-order valence-corrected chi connectivity index (χ1v) is 7.92. The van der Waals surface area contributed by atoms with Crippen molar-refractivity contribution >= 4 is 5.96 Å². The van der Waals surface area contributed by atoms with E-state index in [2.05, 4.69) is 15.0 Å². The molecular formula is C18H20F3N3O2. The van der Waals surface area contributed by atoms with E-state index in [-0.39, 0.29) is 24.4 Å². The minimum absolute atomic E-state index is 0.120.